The first-order valence-corrected chi connectivity index (χ1v) is 7.77. The maximum absolute atomic E-state index is 12.3. The van der Waals surface area contributed by atoms with Crippen LogP contribution >= 0.6 is 0 Å². The van der Waals surface area contributed by atoms with Crippen LogP contribution in [0.3, 0.4) is 0 Å². The van der Waals surface area contributed by atoms with Gasteiger partial charge in [-0.1, -0.05) is 20.3 Å². The highest BCUT2D eigenvalue weighted by Crippen LogP contribution is 2.28. The van der Waals surface area contributed by atoms with E-state index in [1.807, 2.05) is 13.8 Å². The number of ether oxygens (including phenoxy) is 1. The van der Waals surface area contributed by atoms with Crippen molar-refractivity contribution in [2.45, 2.75) is 64.2 Å². The first-order chi connectivity index (χ1) is 10.9. The number of hydrogen-bond donors (Lipinski definition) is 2. The number of carbonyl (C=O) groups excluding carboxylic acids is 2. The third kappa shape index (κ3) is 6.71. The minimum absolute atomic E-state index is 0.0341. The van der Waals surface area contributed by atoms with E-state index in [4.69, 9.17) is 10.3 Å². The summed E-state index contributed by atoms with van der Waals surface area (Å²) < 4.78 is 5.69. The largest absolute Gasteiger partial charge is 0.480 e. The Morgan fingerprint density at radius 3 is 2.57 bits per heavy atom. The summed E-state index contributed by atoms with van der Waals surface area (Å²) in [5.74, 6) is -2.24. The zero-order valence-electron chi connectivity index (χ0n) is 13.4. The zero-order valence-corrected chi connectivity index (χ0v) is 13.4. The Bertz CT molecular complexity index is 497. The van der Waals surface area contributed by atoms with Crippen molar-refractivity contribution < 1.29 is 29.0 Å². The van der Waals surface area contributed by atoms with Crippen LogP contribution in [0.25, 0.3) is 5.53 Å². The molecule has 0 spiro atoms. The molecule has 128 valence electrons. The Morgan fingerprint density at radius 2 is 2.09 bits per heavy atom. The van der Waals surface area contributed by atoms with Crippen LogP contribution in [0.1, 0.15) is 46.0 Å². The fourth-order valence-electron chi connectivity index (χ4n) is 2.01. The second-order valence-electron chi connectivity index (χ2n) is 5.79. The van der Waals surface area contributed by atoms with Crippen LogP contribution < -0.4 is 5.32 Å². The quantitative estimate of drug-likeness (QED) is 0.330. The predicted molar refractivity (Wildman–Crippen MR) is 80.8 cm³/mol. The molecule has 3 atom stereocenters. The summed E-state index contributed by atoms with van der Waals surface area (Å²) in [6.07, 6.45) is 2.43. The lowest BCUT2D eigenvalue weighted by molar-refractivity contribution is -0.146. The lowest BCUT2D eigenvalue weighted by Crippen LogP contribution is -2.48. The monoisotopic (exact) mass is 325 g/mol. The summed E-state index contributed by atoms with van der Waals surface area (Å²) >= 11 is 0. The third-order valence-electron chi connectivity index (χ3n) is 3.78. The van der Waals surface area contributed by atoms with E-state index in [0.29, 0.717) is 6.21 Å². The number of rotatable bonds is 11. The van der Waals surface area contributed by atoms with Gasteiger partial charge in [0.2, 0.25) is 11.7 Å². The fraction of sp³-hybridized carbons (Fsp3) is 0.733. The first-order valence-electron chi connectivity index (χ1n) is 7.77. The molecule has 1 aliphatic carbocycles. The van der Waals surface area contributed by atoms with E-state index >= 15 is 0 Å². The predicted octanol–water partition coefficient (Wildman–Crippen LogP) is 0.799. The lowest BCUT2D eigenvalue weighted by Gasteiger charge is -2.24. The summed E-state index contributed by atoms with van der Waals surface area (Å²) in [5, 5.41) is 11.6. The Balaban J connectivity index is 2.64. The van der Waals surface area contributed by atoms with Gasteiger partial charge in [-0.3, -0.25) is 9.59 Å². The van der Waals surface area contributed by atoms with Gasteiger partial charge in [0.1, 0.15) is 12.1 Å². The molecule has 0 bridgehead atoms. The fourth-order valence-corrected chi connectivity index (χ4v) is 2.01. The number of carboxylic acid groups (broad SMARTS) is 1. The van der Waals surface area contributed by atoms with Gasteiger partial charge in [0.15, 0.2) is 0 Å². The molecule has 1 fully saturated rings. The summed E-state index contributed by atoms with van der Waals surface area (Å²) in [6.45, 7) is 3.81. The van der Waals surface area contributed by atoms with Gasteiger partial charge >= 0.3 is 12.2 Å². The molecule has 1 amide bonds. The second kappa shape index (κ2) is 9.17. The van der Waals surface area contributed by atoms with Crippen LogP contribution in [-0.4, -0.2) is 52.0 Å². The van der Waals surface area contributed by atoms with Gasteiger partial charge in [-0.05, 0) is 25.2 Å². The summed E-state index contributed by atoms with van der Waals surface area (Å²) in [5.41, 5.74) is 8.25. The summed E-state index contributed by atoms with van der Waals surface area (Å²) in [6, 6.07) is -1.19. The van der Waals surface area contributed by atoms with Crippen molar-refractivity contribution in [2.24, 2.45) is 5.92 Å². The van der Waals surface area contributed by atoms with E-state index in [1.54, 1.807) is 0 Å². The van der Waals surface area contributed by atoms with Gasteiger partial charge in [0, 0.05) is 6.42 Å². The molecule has 1 aliphatic rings. The zero-order chi connectivity index (χ0) is 17.4. The molecule has 0 radical (unpaired) electrons. The van der Waals surface area contributed by atoms with Crippen LogP contribution in [0.4, 0.5) is 0 Å². The van der Waals surface area contributed by atoms with Crippen molar-refractivity contribution in [3.8, 4) is 0 Å². The van der Waals surface area contributed by atoms with Crippen molar-refractivity contribution in [3.63, 3.8) is 0 Å². The number of amides is 1. The third-order valence-corrected chi connectivity index (χ3v) is 3.78. The van der Waals surface area contributed by atoms with E-state index in [-0.39, 0.29) is 24.9 Å². The Labute approximate surface area is 134 Å². The van der Waals surface area contributed by atoms with E-state index in [9.17, 15) is 19.5 Å². The van der Waals surface area contributed by atoms with Crippen LogP contribution in [0.5, 0.6) is 0 Å². The van der Waals surface area contributed by atoms with Gasteiger partial charge in [-0.25, -0.2) is 4.79 Å². The number of hydrogen-bond acceptors (Lipinski definition) is 4. The number of aliphatic carboxylic acids is 1. The minimum Gasteiger partial charge on any atom is -0.480 e. The highest BCUT2D eigenvalue weighted by atomic mass is 16.5. The maximum Gasteiger partial charge on any atom is 0.326 e. The molecule has 0 heterocycles. The molecule has 0 unspecified atom stereocenters. The Hall–Kier alpha value is -2.05. The van der Waals surface area contributed by atoms with Gasteiger partial charge in [0.25, 0.3) is 0 Å². The second-order valence-corrected chi connectivity index (χ2v) is 5.79. The Morgan fingerprint density at radius 1 is 1.43 bits per heavy atom. The standard InChI is InChI=1S/C15H23N3O5/c1-3-9(2)13(23-11-5-6-11)14(20)18-12(15(21)22)7-4-10(19)8-17-16/h8-9,11-13H,3-7H2,1-2H3,(H,18,20)(H,21,22)/t9-,12+,13+/m1/s1. The van der Waals surface area contributed by atoms with Crippen molar-refractivity contribution in [3.05, 3.63) is 5.53 Å². The van der Waals surface area contributed by atoms with Crippen molar-refractivity contribution in [2.75, 3.05) is 0 Å². The van der Waals surface area contributed by atoms with E-state index < -0.39 is 29.8 Å². The van der Waals surface area contributed by atoms with Gasteiger partial charge in [0.05, 0.1) is 6.10 Å². The topological polar surface area (TPSA) is 129 Å². The number of carbonyl (C=O) groups is 3. The molecule has 1 saturated carbocycles. The molecule has 2 N–H and O–H groups in total. The molecule has 1 rings (SSSR count). The van der Waals surface area contributed by atoms with Crippen LogP contribution in [-0.2, 0) is 19.1 Å². The lowest BCUT2D eigenvalue weighted by atomic mass is 10.00. The number of nitrogens with one attached hydrogen (secondary N) is 1. The normalized spacial score (nSPS) is 17.5. The molecule has 0 aromatic heterocycles. The molecule has 0 aromatic carbocycles. The Kier molecular flexibility index (Phi) is 7.57. The van der Waals surface area contributed by atoms with Gasteiger partial charge in [-0.15, -0.1) is 0 Å². The van der Waals surface area contributed by atoms with Gasteiger partial charge < -0.3 is 20.7 Å². The van der Waals surface area contributed by atoms with Gasteiger partial charge in [-0.2, -0.15) is 4.79 Å². The van der Waals surface area contributed by atoms with Crippen LogP contribution in [0.2, 0.25) is 0 Å². The minimum atomic E-state index is -1.22. The molecule has 0 saturated heterocycles. The molecule has 23 heavy (non-hydrogen) atoms. The van der Waals surface area contributed by atoms with E-state index in [1.165, 1.54) is 0 Å². The summed E-state index contributed by atoms with van der Waals surface area (Å²) in [4.78, 5) is 37.4. The first kappa shape index (κ1) is 19.0. The highest BCUT2D eigenvalue weighted by molar-refractivity contribution is 6.25. The molecule has 8 nitrogen and oxygen atoms in total. The van der Waals surface area contributed by atoms with Crippen molar-refractivity contribution >= 4 is 23.9 Å². The number of carboxylic acids is 1. The maximum atomic E-state index is 12.3. The average Bonchev–Trinajstić information content (AvgIpc) is 3.32. The van der Waals surface area contributed by atoms with E-state index in [2.05, 4.69) is 10.1 Å². The SMILES string of the molecule is CC[C@@H](C)[C@H](OC1CC1)C(=O)N[C@@H](CCC(=O)C=[N+]=[N-])C(=O)O. The number of Topliss-reactive ketones (excluding diaryl/α,β-unsaturated/α-hetero) is 1. The molecular weight excluding hydrogens is 302 g/mol. The van der Waals surface area contributed by atoms with E-state index in [0.717, 1.165) is 19.3 Å². The molecule has 0 aromatic rings. The smallest absolute Gasteiger partial charge is 0.326 e. The molecule has 8 heteroatoms. The average molecular weight is 325 g/mol. The number of nitrogens with zero attached hydrogens (tertiary/aromatic N) is 2. The van der Waals surface area contributed by atoms with Crippen LogP contribution in [0.15, 0.2) is 0 Å². The van der Waals surface area contributed by atoms with Crippen LogP contribution in [0, 0.1) is 5.92 Å². The molecular formula is C15H23N3O5. The number of ketones is 1. The van der Waals surface area contributed by atoms with Crippen molar-refractivity contribution in [1.29, 1.82) is 0 Å². The molecule has 0 aliphatic heterocycles. The highest BCUT2D eigenvalue weighted by Gasteiger charge is 2.34. The summed E-state index contributed by atoms with van der Waals surface area (Å²) in [7, 11) is 0. The van der Waals surface area contributed by atoms with Crippen molar-refractivity contribution in [1.82, 2.24) is 5.32 Å².